The molecule has 0 bridgehead atoms. The number of anilines is 1. The molecule has 1 heterocycles. The second-order valence-corrected chi connectivity index (χ2v) is 5.37. The van der Waals surface area contributed by atoms with E-state index in [9.17, 15) is 0 Å². The van der Waals surface area contributed by atoms with Crippen LogP contribution in [-0.4, -0.2) is 11.7 Å². The number of nitrogens with zero attached hydrogens (tertiary/aromatic N) is 2. The highest BCUT2D eigenvalue weighted by molar-refractivity contribution is 6.31. The van der Waals surface area contributed by atoms with Gasteiger partial charge in [-0.05, 0) is 37.1 Å². The van der Waals surface area contributed by atoms with Gasteiger partial charge in [0, 0.05) is 11.3 Å². The van der Waals surface area contributed by atoms with Crippen molar-refractivity contribution in [3.63, 3.8) is 0 Å². The van der Waals surface area contributed by atoms with Gasteiger partial charge in [-0.2, -0.15) is 0 Å². The smallest absolute Gasteiger partial charge is 0.125 e. The molecule has 3 rings (SSSR count). The molecule has 1 aliphatic heterocycles. The van der Waals surface area contributed by atoms with Crippen LogP contribution in [0.1, 0.15) is 16.7 Å². The number of rotatable bonds is 2. The molecule has 2 aromatic rings. The van der Waals surface area contributed by atoms with Crippen molar-refractivity contribution >= 4 is 28.8 Å². The lowest BCUT2D eigenvalue weighted by Crippen LogP contribution is -2.34. The van der Waals surface area contributed by atoms with Crippen molar-refractivity contribution in [2.24, 2.45) is 4.99 Å². The average Bonchev–Trinajstić information content (AvgIpc) is 2.47. The summed E-state index contributed by atoms with van der Waals surface area (Å²) in [7, 11) is 0. The number of hydrogen-bond acceptors (Lipinski definition) is 2. The minimum absolute atomic E-state index is 0.418. The molecule has 0 saturated heterocycles. The van der Waals surface area contributed by atoms with E-state index in [0.29, 0.717) is 5.88 Å². The Morgan fingerprint density at radius 3 is 2.55 bits per heavy atom. The number of benzene rings is 2. The highest BCUT2D eigenvalue weighted by Gasteiger charge is 2.22. The van der Waals surface area contributed by atoms with Gasteiger partial charge in [-0.15, -0.1) is 11.6 Å². The van der Waals surface area contributed by atoms with Crippen LogP contribution in [0.3, 0.4) is 0 Å². The van der Waals surface area contributed by atoms with E-state index in [2.05, 4.69) is 55.1 Å². The summed E-state index contributed by atoms with van der Waals surface area (Å²) in [4.78, 5) is 6.95. The predicted octanol–water partition coefficient (Wildman–Crippen LogP) is 4.59. The predicted molar refractivity (Wildman–Crippen MR) is 86.4 cm³/mol. The van der Waals surface area contributed by atoms with E-state index in [1.807, 2.05) is 6.07 Å². The van der Waals surface area contributed by atoms with Gasteiger partial charge in [0.2, 0.25) is 0 Å². The zero-order valence-corrected chi connectivity index (χ0v) is 12.5. The number of aliphatic imine (C=N–C) groups is 1. The molecule has 2 aromatic carbocycles. The Bertz CT molecular complexity index is 676. The van der Waals surface area contributed by atoms with Crippen LogP contribution < -0.4 is 4.90 Å². The van der Waals surface area contributed by atoms with Gasteiger partial charge >= 0.3 is 0 Å². The molecule has 0 radical (unpaired) electrons. The summed E-state index contributed by atoms with van der Waals surface area (Å²) in [5, 5.41) is 0. The molecule has 0 aliphatic carbocycles. The first-order chi connectivity index (χ1) is 9.70. The first-order valence-corrected chi connectivity index (χ1v) is 7.29. The summed E-state index contributed by atoms with van der Waals surface area (Å²) in [6.07, 6.45) is 0. The summed E-state index contributed by atoms with van der Waals surface area (Å²) in [5.74, 6) is 1.33. The second kappa shape index (κ2) is 5.29. The summed E-state index contributed by atoms with van der Waals surface area (Å²) in [5.41, 5.74) is 6.02. The third-order valence-corrected chi connectivity index (χ3v) is 4.03. The minimum Gasteiger partial charge on any atom is -0.324 e. The fourth-order valence-corrected chi connectivity index (χ4v) is 2.84. The molecule has 0 N–H and O–H groups in total. The second-order valence-electron chi connectivity index (χ2n) is 5.11. The molecule has 2 nitrogen and oxygen atoms in total. The van der Waals surface area contributed by atoms with E-state index in [1.165, 1.54) is 22.4 Å². The van der Waals surface area contributed by atoms with E-state index in [1.54, 1.807) is 0 Å². The number of para-hydroxylation sites is 1. The van der Waals surface area contributed by atoms with Crippen LogP contribution in [0.25, 0.3) is 0 Å². The van der Waals surface area contributed by atoms with Crippen molar-refractivity contribution in [1.29, 1.82) is 0 Å². The maximum Gasteiger partial charge on any atom is 0.125 e. The Kier molecular flexibility index (Phi) is 3.49. The van der Waals surface area contributed by atoms with Crippen molar-refractivity contribution in [2.45, 2.75) is 20.4 Å². The largest absolute Gasteiger partial charge is 0.324 e. The summed E-state index contributed by atoms with van der Waals surface area (Å²) < 4.78 is 0. The molecule has 1 aliphatic rings. The van der Waals surface area contributed by atoms with Gasteiger partial charge in [0.25, 0.3) is 0 Å². The minimum atomic E-state index is 0.418. The lowest BCUT2D eigenvalue weighted by molar-refractivity contribution is 0.955. The zero-order chi connectivity index (χ0) is 14.1. The quantitative estimate of drug-likeness (QED) is 0.736. The number of aryl methyl sites for hydroxylation is 2. The van der Waals surface area contributed by atoms with E-state index in [4.69, 9.17) is 16.6 Å². The van der Waals surface area contributed by atoms with Crippen LogP contribution in [0.15, 0.2) is 47.5 Å². The molecule has 0 aromatic heterocycles. The van der Waals surface area contributed by atoms with Crippen molar-refractivity contribution in [1.82, 2.24) is 0 Å². The first kappa shape index (κ1) is 13.2. The van der Waals surface area contributed by atoms with E-state index >= 15 is 0 Å². The number of alkyl halides is 1. The zero-order valence-electron chi connectivity index (χ0n) is 11.7. The highest BCUT2D eigenvalue weighted by atomic mass is 35.5. The van der Waals surface area contributed by atoms with E-state index in [-0.39, 0.29) is 0 Å². The topological polar surface area (TPSA) is 15.6 Å². The van der Waals surface area contributed by atoms with Crippen LogP contribution in [0.2, 0.25) is 0 Å². The maximum atomic E-state index is 6.11. The lowest BCUT2D eigenvalue weighted by atomic mass is 10.0. The van der Waals surface area contributed by atoms with Gasteiger partial charge in [-0.25, -0.2) is 4.99 Å². The molecule has 0 spiro atoms. The van der Waals surface area contributed by atoms with Crippen LogP contribution >= 0.6 is 11.6 Å². The Morgan fingerprint density at radius 2 is 1.80 bits per heavy atom. The SMILES string of the molecule is Cc1ccccc1N1Cc2c(C)cccc2N=C1CCl. The van der Waals surface area contributed by atoms with Crippen LogP contribution in [-0.2, 0) is 6.54 Å². The Labute approximate surface area is 124 Å². The van der Waals surface area contributed by atoms with E-state index in [0.717, 1.165) is 18.1 Å². The van der Waals surface area contributed by atoms with Crippen molar-refractivity contribution in [3.8, 4) is 0 Å². The molecular weight excluding hydrogens is 268 g/mol. The molecule has 0 amide bonds. The maximum absolute atomic E-state index is 6.11. The normalized spacial score (nSPS) is 13.9. The first-order valence-electron chi connectivity index (χ1n) is 6.76. The molecule has 0 atom stereocenters. The van der Waals surface area contributed by atoms with Crippen molar-refractivity contribution in [3.05, 3.63) is 59.2 Å². The number of fused-ring (bicyclic) bond motifs is 1. The third-order valence-electron chi connectivity index (χ3n) is 3.79. The molecule has 0 unspecified atom stereocenters. The monoisotopic (exact) mass is 284 g/mol. The fourth-order valence-electron chi connectivity index (χ4n) is 2.64. The molecular formula is C17H17ClN2. The average molecular weight is 285 g/mol. The Morgan fingerprint density at radius 1 is 1.05 bits per heavy atom. The van der Waals surface area contributed by atoms with Crippen molar-refractivity contribution < 1.29 is 0 Å². The lowest BCUT2D eigenvalue weighted by Gasteiger charge is -2.31. The standard InChI is InChI=1S/C17H17ClN2/c1-12-7-5-8-15-14(12)11-20(17(10-18)19-15)16-9-4-3-6-13(16)2/h3-9H,10-11H2,1-2H3. The van der Waals surface area contributed by atoms with E-state index < -0.39 is 0 Å². The molecule has 3 heteroatoms. The number of halogens is 1. The molecule has 0 fully saturated rings. The summed E-state index contributed by atoms with van der Waals surface area (Å²) in [6.45, 7) is 5.09. The summed E-state index contributed by atoms with van der Waals surface area (Å²) in [6, 6.07) is 14.6. The van der Waals surface area contributed by atoms with Gasteiger partial charge in [0.1, 0.15) is 5.84 Å². The van der Waals surface area contributed by atoms with Gasteiger partial charge in [-0.3, -0.25) is 0 Å². The Hall–Kier alpha value is -1.80. The summed E-state index contributed by atoms with van der Waals surface area (Å²) >= 11 is 6.11. The number of amidine groups is 1. The molecule has 20 heavy (non-hydrogen) atoms. The van der Waals surface area contributed by atoms with Gasteiger partial charge in [0.05, 0.1) is 18.1 Å². The van der Waals surface area contributed by atoms with Gasteiger partial charge in [-0.1, -0.05) is 30.3 Å². The fraction of sp³-hybridized carbons (Fsp3) is 0.235. The van der Waals surface area contributed by atoms with Crippen LogP contribution in [0.4, 0.5) is 11.4 Å². The molecule has 102 valence electrons. The van der Waals surface area contributed by atoms with Crippen LogP contribution in [0.5, 0.6) is 0 Å². The third kappa shape index (κ3) is 2.20. The van der Waals surface area contributed by atoms with Crippen molar-refractivity contribution in [2.75, 3.05) is 10.8 Å². The van der Waals surface area contributed by atoms with Gasteiger partial charge in [0.15, 0.2) is 0 Å². The molecule has 0 saturated carbocycles. The Balaban J connectivity index is 2.11. The highest BCUT2D eigenvalue weighted by Crippen LogP contribution is 2.33. The van der Waals surface area contributed by atoms with Gasteiger partial charge < -0.3 is 4.90 Å². The number of hydrogen-bond donors (Lipinski definition) is 0. The van der Waals surface area contributed by atoms with Crippen LogP contribution in [0, 0.1) is 13.8 Å².